The lowest BCUT2D eigenvalue weighted by Gasteiger charge is -2.12. The van der Waals surface area contributed by atoms with Gasteiger partial charge in [-0.15, -0.1) is 0 Å². The third-order valence-corrected chi connectivity index (χ3v) is 5.58. The van der Waals surface area contributed by atoms with Gasteiger partial charge in [0.1, 0.15) is 11.3 Å². The van der Waals surface area contributed by atoms with Gasteiger partial charge in [-0.2, -0.15) is 0 Å². The number of benzene rings is 1. The summed E-state index contributed by atoms with van der Waals surface area (Å²) in [5.41, 5.74) is 4.37. The van der Waals surface area contributed by atoms with E-state index in [0.717, 1.165) is 18.6 Å². The van der Waals surface area contributed by atoms with E-state index in [0.29, 0.717) is 28.5 Å². The second-order valence-corrected chi connectivity index (χ2v) is 7.59. The molecule has 2 aliphatic carbocycles. The monoisotopic (exact) mass is 362 g/mol. The fourth-order valence-electron chi connectivity index (χ4n) is 3.83. The molecule has 2 heterocycles. The standard InChI is InChI=1S/C21H22N4O2/c1-12(13-5-6-13)24-21(26)17-10-22-20-19(17)25-18(11-23-20)27-16-8-7-14-3-2-4-15(14)9-16/h7-13H,2-6H2,1H3,(H,22,23)(H,24,26)/t12-/m1/s1. The molecule has 6 heteroatoms. The molecule has 1 atom stereocenters. The number of nitrogens with zero attached hydrogens (tertiary/aromatic N) is 2. The number of rotatable bonds is 5. The zero-order valence-electron chi connectivity index (χ0n) is 15.3. The quantitative estimate of drug-likeness (QED) is 0.724. The molecule has 6 nitrogen and oxygen atoms in total. The molecule has 27 heavy (non-hydrogen) atoms. The second-order valence-electron chi connectivity index (χ2n) is 7.59. The number of amides is 1. The van der Waals surface area contributed by atoms with Crippen molar-refractivity contribution in [2.24, 2.45) is 5.92 Å². The maximum Gasteiger partial charge on any atom is 0.255 e. The van der Waals surface area contributed by atoms with Gasteiger partial charge in [-0.1, -0.05) is 6.07 Å². The zero-order chi connectivity index (χ0) is 18.4. The number of hydrogen-bond donors (Lipinski definition) is 2. The maximum atomic E-state index is 12.6. The van der Waals surface area contributed by atoms with E-state index < -0.39 is 0 Å². The SMILES string of the molecule is C[C@@H](NC(=O)c1c[nH]c2ncc(Oc3ccc4c(c3)CCC4)nc12)C1CC1. The van der Waals surface area contributed by atoms with Crippen LogP contribution >= 0.6 is 0 Å². The summed E-state index contributed by atoms with van der Waals surface area (Å²) in [6.07, 6.45) is 9.06. The molecule has 2 aromatic heterocycles. The molecule has 0 radical (unpaired) electrons. The number of aromatic amines is 1. The summed E-state index contributed by atoms with van der Waals surface area (Å²) in [6, 6.07) is 6.35. The summed E-state index contributed by atoms with van der Waals surface area (Å²) in [5, 5.41) is 3.07. The van der Waals surface area contributed by atoms with E-state index in [1.807, 2.05) is 6.07 Å². The number of carbonyl (C=O) groups excluding carboxylic acids is 1. The van der Waals surface area contributed by atoms with Crippen molar-refractivity contribution in [2.75, 3.05) is 0 Å². The Labute approximate surface area is 157 Å². The first-order chi connectivity index (χ1) is 13.2. The van der Waals surface area contributed by atoms with Gasteiger partial charge in [0.15, 0.2) is 5.65 Å². The van der Waals surface area contributed by atoms with Gasteiger partial charge in [0, 0.05) is 12.2 Å². The number of aryl methyl sites for hydroxylation is 2. The van der Waals surface area contributed by atoms with Crippen molar-refractivity contribution in [3.8, 4) is 11.6 Å². The molecule has 2 aliphatic rings. The van der Waals surface area contributed by atoms with Crippen LogP contribution in [0.4, 0.5) is 0 Å². The van der Waals surface area contributed by atoms with Crippen LogP contribution < -0.4 is 10.1 Å². The predicted molar refractivity (Wildman–Crippen MR) is 102 cm³/mol. The van der Waals surface area contributed by atoms with Crippen molar-refractivity contribution in [2.45, 2.75) is 45.1 Å². The molecule has 0 saturated heterocycles. The average molecular weight is 362 g/mol. The van der Waals surface area contributed by atoms with Gasteiger partial charge in [-0.05, 0) is 68.2 Å². The number of hydrogen-bond acceptors (Lipinski definition) is 4. The zero-order valence-corrected chi connectivity index (χ0v) is 15.3. The third kappa shape index (κ3) is 3.16. The van der Waals surface area contributed by atoms with Gasteiger partial charge in [-0.3, -0.25) is 4.79 Å². The highest BCUT2D eigenvalue weighted by molar-refractivity contribution is 6.04. The minimum Gasteiger partial charge on any atom is -0.437 e. The van der Waals surface area contributed by atoms with Crippen LogP contribution in [-0.4, -0.2) is 26.9 Å². The summed E-state index contributed by atoms with van der Waals surface area (Å²) in [7, 11) is 0. The van der Waals surface area contributed by atoms with Crippen molar-refractivity contribution >= 4 is 17.1 Å². The normalized spacial score (nSPS) is 16.9. The Morgan fingerprint density at radius 2 is 2.15 bits per heavy atom. The van der Waals surface area contributed by atoms with Crippen molar-refractivity contribution < 1.29 is 9.53 Å². The van der Waals surface area contributed by atoms with Crippen LogP contribution in [0.1, 0.15) is 47.7 Å². The lowest BCUT2D eigenvalue weighted by atomic mass is 10.1. The van der Waals surface area contributed by atoms with Gasteiger partial charge >= 0.3 is 0 Å². The predicted octanol–water partition coefficient (Wildman–Crippen LogP) is 3.77. The molecule has 1 saturated carbocycles. The van der Waals surface area contributed by atoms with Crippen LogP contribution in [0, 0.1) is 5.92 Å². The Kier molecular flexibility index (Phi) is 3.85. The minimum absolute atomic E-state index is 0.121. The first-order valence-corrected chi connectivity index (χ1v) is 9.62. The van der Waals surface area contributed by atoms with Gasteiger partial charge < -0.3 is 15.0 Å². The lowest BCUT2D eigenvalue weighted by molar-refractivity contribution is 0.0937. The van der Waals surface area contributed by atoms with E-state index in [1.165, 1.54) is 30.4 Å². The molecule has 138 valence electrons. The summed E-state index contributed by atoms with van der Waals surface area (Å²) in [5.74, 6) is 1.63. The molecule has 0 spiro atoms. The van der Waals surface area contributed by atoms with Gasteiger partial charge in [0.05, 0.1) is 11.8 Å². The van der Waals surface area contributed by atoms with Crippen LogP contribution in [0.15, 0.2) is 30.6 Å². The van der Waals surface area contributed by atoms with Crippen molar-refractivity contribution in [1.82, 2.24) is 20.3 Å². The maximum absolute atomic E-state index is 12.6. The number of aromatic nitrogens is 3. The molecule has 2 N–H and O–H groups in total. The van der Waals surface area contributed by atoms with Crippen molar-refractivity contribution in [1.29, 1.82) is 0 Å². The fraction of sp³-hybridized carbons (Fsp3) is 0.381. The van der Waals surface area contributed by atoms with E-state index in [4.69, 9.17) is 4.74 Å². The number of fused-ring (bicyclic) bond motifs is 2. The van der Waals surface area contributed by atoms with Crippen molar-refractivity contribution in [3.05, 3.63) is 47.3 Å². The number of H-pyrrole nitrogens is 1. The van der Waals surface area contributed by atoms with E-state index in [2.05, 4.69) is 39.3 Å². The highest BCUT2D eigenvalue weighted by atomic mass is 16.5. The van der Waals surface area contributed by atoms with Gasteiger partial charge in [0.25, 0.3) is 5.91 Å². The van der Waals surface area contributed by atoms with Gasteiger partial charge in [0.2, 0.25) is 5.88 Å². The average Bonchev–Trinajstić information content (AvgIpc) is 3.27. The summed E-state index contributed by atoms with van der Waals surface area (Å²) >= 11 is 0. The molecule has 5 rings (SSSR count). The molecule has 1 fully saturated rings. The third-order valence-electron chi connectivity index (χ3n) is 5.58. The first kappa shape index (κ1) is 16.3. The van der Waals surface area contributed by atoms with Crippen molar-refractivity contribution in [3.63, 3.8) is 0 Å². The number of carbonyl (C=O) groups is 1. The van der Waals surface area contributed by atoms with Crippen LogP contribution in [0.25, 0.3) is 11.2 Å². The van der Waals surface area contributed by atoms with Crippen LogP contribution in [0.2, 0.25) is 0 Å². The van der Waals surface area contributed by atoms with Gasteiger partial charge in [-0.25, -0.2) is 9.97 Å². The fourth-order valence-corrected chi connectivity index (χ4v) is 3.83. The van der Waals surface area contributed by atoms with Crippen LogP contribution in [0.3, 0.4) is 0 Å². The molecule has 1 amide bonds. The largest absolute Gasteiger partial charge is 0.437 e. The Balaban J connectivity index is 1.40. The summed E-state index contributed by atoms with van der Waals surface area (Å²) < 4.78 is 5.93. The Morgan fingerprint density at radius 1 is 1.30 bits per heavy atom. The van der Waals surface area contributed by atoms with Crippen LogP contribution in [0.5, 0.6) is 11.6 Å². The van der Waals surface area contributed by atoms with Crippen LogP contribution in [-0.2, 0) is 12.8 Å². The molecular formula is C21H22N4O2. The Hall–Kier alpha value is -2.89. The Morgan fingerprint density at radius 3 is 3.00 bits per heavy atom. The number of ether oxygens (including phenoxy) is 1. The molecule has 1 aromatic carbocycles. The lowest BCUT2D eigenvalue weighted by Crippen LogP contribution is -2.33. The molecule has 0 aliphatic heterocycles. The van der Waals surface area contributed by atoms with E-state index in [-0.39, 0.29) is 11.9 Å². The highest BCUT2D eigenvalue weighted by Crippen LogP contribution is 2.33. The molecule has 0 unspecified atom stereocenters. The second kappa shape index (κ2) is 6.37. The smallest absolute Gasteiger partial charge is 0.255 e. The highest BCUT2D eigenvalue weighted by Gasteiger charge is 2.29. The first-order valence-electron chi connectivity index (χ1n) is 9.62. The van der Waals surface area contributed by atoms with E-state index in [1.54, 1.807) is 12.4 Å². The topological polar surface area (TPSA) is 79.9 Å². The summed E-state index contributed by atoms with van der Waals surface area (Å²) in [4.78, 5) is 24.5. The Bertz CT molecular complexity index is 1020. The van der Waals surface area contributed by atoms with E-state index >= 15 is 0 Å². The number of nitrogens with one attached hydrogen (secondary N) is 2. The molecule has 3 aromatic rings. The molecular weight excluding hydrogens is 340 g/mol. The molecule has 0 bridgehead atoms. The summed E-state index contributed by atoms with van der Waals surface area (Å²) in [6.45, 7) is 2.05. The minimum atomic E-state index is -0.121. The van der Waals surface area contributed by atoms with E-state index in [9.17, 15) is 4.79 Å².